The number of aryl methyl sites for hydroxylation is 1. The molecule has 4 heteroatoms. The Morgan fingerprint density at radius 3 is 2.69 bits per heavy atom. The SMILES string of the molecule is CCCCc1ccc(OCCN=[N+]=[N-])cc1. The summed E-state index contributed by atoms with van der Waals surface area (Å²) in [6.07, 6.45) is 3.55. The highest BCUT2D eigenvalue weighted by Crippen LogP contribution is 2.13. The molecule has 0 spiro atoms. The summed E-state index contributed by atoms with van der Waals surface area (Å²) in [7, 11) is 0. The van der Waals surface area contributed by atoms with Gasteiger partial charge in [-0.15, -0.1) is 0 Å². The van der Waals surface area contributed by atoms with Crippen LogP contribution in [-0.4, -0.2) is 13.2 Å². The number of unbranched alkanes of at least 4 members (excludes halogenated alkanes) is 1. The van der Waals surface area contributed by atoms with Gasteiger partial charge in [-0.1, -0.05) is 30.6 Å². The van der Waals surface area contributed by atoms with Crippen LogP contribution in [0.15, 0.2) is 29.4 Å². The summed E-state index contributed by atoms with van der Waals surface area (Å²) in [6, 6.07) is 8.08. The standard InChI is InChI=1S/C12H17N3O/c1-2-3-4-11-5-7-12(8-6-11)16-10-9-14-15-13/h5-8H,2-4,9-10H2,1H3. The third-order valence-corrected chi connectivity index (χ3v) is 2.27. The molecule has 0 aromatic heterocycles. The summed E-state index contributed by atoms with van der Waals surface area (Å²) in [6.45, 7) is 2.99. The molecule has 0 aliphatic rings. The van der Waals surface area contributed by atoms with Crippen molar-refractivity contribution < 1.29 is 4.74 Å². The van der Waals surface area contributed by atoms with E-state index in [-0.39, 0.29) is 0 Å². The van der Waals surface area contributed by atoms with Gasteiger partial charge in [0.1, 0.15) is 5.75 Å². The zero-order chi connectivity index (χ0) is 11.6. The van der Waals surface area contributed by atoms with Crippen molar-refractivity contribution in [3.05, 3.63) is 40.3 Å². The van der Waals surface area contributed by atoms with Crippen LogP contribution in [0.1, 0.15) is 25.3 Å². The molecule has 1 aromatic carbocycles. The largest absolute Gasteiger partial charge is 0.493 e. The Labute approximate surface area is 95.9 Å². The van der Waals surface area contributed by atoms with E-state index in [1.54, 1.807) is 0 Å². The Kier molecular flexibility index (Phi) is 5.89. The van der Waals surface area contributed by atoms with Gasteiger partial charge in [0.2, 0.25) is 0 Å². The maximum Gasteiger partial charge on any atom is 0.119 e. The van der Waals surface area contributed by atoms with Crippen LogP contribution in [-0.2, 0) is 6.42 Å². The molecular formula is C12H17N3O. The van der Waals surface area contributed by atoms with E-state index in [2.05, 4.69) is 29.1 Å². The summed E-state index contributed by atoms with van der Waals surface area (Å²) in [5, 5.41) is 3.40. The van der Waals surface area contributed by atoms with Gasteiger partial charge in [-0.3, -0.25) is 0 Å². The van der Waals surface area contributed by atoms with Crippen molar-refractivity contribution in [2.24, 2.45) is 5.11 Å². The lowest BCUT2D eigenvalue weighted by atomic mass is 10.1. The maximum absolute atomic E-state index is 8.09. The van der Waals surface area contributed by atoms with E-state index in [0.29, 0.717) is 13.2 Å². The molecule has 0 radical (unpaired) electrons. The summed E-state index contributed by atoms with van der Waals surface area (Å²) in [5.74, 6) is 0.827. The molecule has 0 bridgehead atoms. The molecular weight excluding hydrogens is 202 g/mol. The van der Waals surface area contributed by atoms with Gasteiger partial charge in [-0.25, -0.2) is 0 Å². The van der Waals surface area contributed by atoms with Gasteiger partial charge in [-0.2, -0.15) is 0 Å². The van der Waals surface area contributed by atoms with Crippen molar-refractivity contribution in [2.45, 2.75) is 26.2 Å². The van der Waals surface area contributed by atoms with Crippen molar-refractivity contribution in [3.63, 3.8) is 0 Å². The number of hydrogen-bond acceptors (Lipinski definition) is 2. The molecule has 86 valence electrons. The number of benzene rings is 1. The molecule has 0 N–H and O–H groups in total. The monoisotopic (exact) mass is 219 g/mol. The molecule has 0 fully saturated rings. The van der Waals surface area contributed by atoms with E-state index < -0.39 is 0 Å². The van der Waals surface area contributed by atoms with Gasteiger partial charge < -0.3 is 4.74 Å². The number of ether oxygens (including phenoxy) is 1. The fourth-order valence-electron chi connectivity index (χ4n) is 1.38. The number of nitrogens with zero attached hydrogens (tertiary/aromatic N) is 3. The molecule has 0 saturated carbocycles. The second-order valence-electron chi connectivity index (χ2n) is 3.55. The van der Waals surface area contributed by atoms with E-state index in [9.17, 15) is 0 Å². The third-order valence-electron chi connectivity index (χ3n) is 2.27. The fourth-order valence-corrected chi connectivity index (χ4v) is 1.38. The third kappa shape index (κ3) is 4.71. The molecule has 0 aliphatic carbocycles. The summed E-state index contributed by atoms with van der Waals surface area (Å²) in [4.78, 5) is 2.66. The van der Waals surface area contributed by atoms with E-state index in [0.717, 1.165) is 12.2 Å². The van der Waals surface area contributed by atoms with Crippen LogP contribution in [0.2, 0.25) is 0 Å². The van der Waals surface area contributed by atoms with Crippen LogP contribution in [0.3, 0.4) is 0 Å². The van der Waals surface area contributed by atoms with E-state index in [1.165, 1.54) is 18.4 Å². The van der Waals surface area contributed by atoms with Crippen LogP contribution in [0, 0.1) is 0 Å². The van der Waals surface area contributed by atoms with Crippen LogP contribution in [0.5, 0.6) is 5.75 Å². The number of rotatable bonds is 7. The van der Waals surface area contributed by atoms with Crippen LogP contribution < -0.4 is 4.74 Å². The van der Waals surface area contributed by atoms with Crippen molar-refractivity contribution in [1.82, 2.24) is 0 Å². The predicted molar refractivity (Wildman–Crippen MR) is 64.6 cm³/mol. The lowest BCUT2D eigenvalue weighted by Gasteiger charge is -2.05. The van der Waals surface area contributed by atoms with Crippen molar-refractivity contribution in [3.8, 4) is 5.75 Å². The lowest BCUT2D eigenvalue weighted by Crippen LogP contribution is -2.00. The maximum atomic E-state index is 8.09. The normalized spacial score (nSPS) is 9.56. The summed E-state index contributed by atoms with van der Waals surface area (Å²) < 4.78 is 5.40. The number of hydrogen-bond donors (Lipinski definition) is 0. The lowest BCUT2D eigenvalue weighted by molar-refractivity contribution is 0.328. The highest BCUT2D eigenvalue weighted by atomic mass is 16.5. The molecule has 1 rings (SSSR count). The van der Waals surface area contributed by atoms with Gasteiger partial charge in [0.25, 0.3) is 0 Å². The molecule has 0 amide bonds. The molecule has 0 saturated heterocycles. The topological polar surface area (TPSA) is 58.0 Å². The van der Waals surface area contributed by atoms with Gasteiger partial charge in [0.05, 0.1) is 13.2 Å². The highest BCUT2D eigenvalue weighted by molar-refractivity contribution is 5.27. The summed E-state index contributed by atoms with van der Waals surface area (Å²) >= 11 is 0. The fraction of sp³-hybridized carbons (Fsp3) is 0.500. The van der Waals surface area contributed by atoms with Crippen molar-refractivity contribution >= 4 is 0 Å². The molecule has 1 aromatic rings. The van der Waals surface area contributed by atoms with E-state index in [1.807, 2.05) is 12.1 Å². The Balaban J connectivity index is 2.35. The minimum atomic E-state index is 0.369. The average Bonchev–Trinajstić information content (AvgIpc) is 2.33. The Hall–Kier alpha value is -1.67. The Morgan fingerprint density at radius 2 is 2.06 bits per heavy atom. The number of azide groups is 1. The zero-order valence-corrected chi connectivity index (χ0v) is 9.59. The predicted octanol–water partition coefficient (Wildman–Crippen LogP) is 3.72. The van der Waals surface area contributed by atoms with Gasteiger partial charge in [-0.05, 0) is 36.1 Å². The molecule has 4 nitrogen and oxygen atoms in total. The van der Waals surface area contributed by atoms with Crippen molar-refractivity contribution in [1.29, 1.82) is 0 Å². The minimum absolute atomic E-state index is 0.369. The van der Waals surface area contributed by atoms with Gasteiger partial charge in [0, 0.05) is 4.91 Å². The molecule has 0 heterocycles. The molecule has 0 atom stereocenters. The first-order valence-electron chi connectivity index (χ1n) is 5.59. The van der Waals surface area contributed by atoms with Crippen molar-refractivity contribution in [2.75, 3.05) is 13.2 Å². The van der Waals surface area contributed by atoms with Gasteiger partial charge >= 0.3 is 0 Å². The quantitative estimate of drug-likeness (QED) is 0.298. The Morgan fingerprint density at radius 1 is 1.31 bits per heavy atom. The first kappa shape index (κ1) is 12.4. The second kappa shape index (κ2) is 7.60. The van der Waals surface area contributed by atoms with Crippen LogP contribution >= 0.6 is 0 Å². The minimum Gasteiger partial charge on any atom is -0.493 e. The Bertz CT molecular complexity index is 342. The van der Waals surface area contributed by atoms with E-state index >= 15 is 0 Å². The smallest absolute Gasteiger partial charge is 0.119 e. The highest BCUT2D eigenvalue weighted by Gasteiger charge is 1.95. The first-order valence-corrected chi connectivity index (χ1v) is 5.59. The van der Waals surface area contributed by atoms with Crippen LogP contribution in [0.25, 0.3) is 10.4 Å². The van der Waals surface area contributed by atoms with Crippen LogP contribution in [0.4, 0.5) is 0 Å². The molecule has 0 unspecified atom stereocenters. The second-order valence-corrected chi connectivity index (χ2v) is 3.55. The van der Waals surface area contributed by atoms with Gasteiger partial charge in [0.15, 0.2) is 0 Å². The summed E-state index contributed by atoms with van der Waals surface area (Å²) in [5.41, 5.74) is 9.42. The zero-order valence-electron chi connectivity index (χ0n) is 9.59. The average molecular weight is 219 g/mol. The molecule has 16 heavy (non-hydrogen) atoms. The van der Waals surface area contributed by atoms with E-state index in [4.69, 9.17) is 10.3 Å². The molecule has 0 aliphatic heterocycles. The first-order chi connectivity index (χ1) is 7.86.